The van der Waals surface area contributed by atoms with Gasteiger partial charge in [0, 0.05) is 0 Å². The number of rotatable bonds is 2. The molecule has 1 fully saturated rings. The topological polar surface area (TPSA) is 26.3 Å². The SMILES string of the molecule is CC1(C(=O)O[Si](C)(C)C)CC2C=CC1C2. The highest BCUT2D eigenvalue weighted by molar-refractivity contribution is 6.71. The summed E-state index contributed by atoms with van der Waals surface area (Å²) in [7, 11) is -1.74. The molecule has 0 aliphatic heterocycles. The Morgan fingerprint density at radius 2 is 2.07 bits per heavy atom. The van der Waals surface area contributed by atoms with E-state index in [1.165, 1.54) is 0 Å². The van der Waals surface area contributed by atoms with Crippen molar-refractivity contribution in [2.75, 3.05) is 0 Å². The Balaban J connectivity index is 2.11. The first-order valence-corrected chi connectivity index (χ1v) is 9.14. The van der Waals surface area contributed by atoms with Crippen molar-refractivity contribution in [1.29, 1.82) is 0 Å². The molecule has 2 bridgehead atoms. The first-order valence-electron chi connectivity index (χ1n) is 5.73. The van der Waals surface area contributed by atoms with Gasteiger partial charge < -0.3 is 4.43 Å². The highest BCUT2D eigenvalue weighted by Gasteiger charge is 2.51. The van der Waals surface area contributed by atoms with Crippen LogP contribution >= 0.6 is 0 Å². The highest BCUT2D eigenvalue weighted by Crippen LogP contribution is 2.52. The van der Waals surface area contributed by atoms with Gasteiger partial charge in [-0.3, -0.25) is 4.79 Å². The molecule has 0 heterocycles. The quantitative estimate of drug-likeness (QED) is 0.532. The second-order valence-electron chi connectivity index (χ2n) is 6.11. The molecule has 3 heteroatoms. The van der Waals surface area contributed by atoms with Gasteiger partial charge in [0.25, 0.3) is 5.97 Å². The second-order valence-corrected chi connectivity index (χ2v) is 10.5. The van der Waals surface area contributed by atoms with Crippen LogP contribution in [0.15, 0.2) is 12.2 Å². The summed E-state index contributed by atoms with van der Waals surface area (Å²) in [4.78, 5) is 12.2. The summed E-state index contributed by atoms with van der Waals surface area (Å²) in [5.74, 6) is 1.08. The predicted molar refractivity (Wildman–Crippen MR) is 62.9 cm³/mol. The number of hydrogen-bond donors (Lipinski definition) is 0. The molecule has 0 aromatic carbocycles. The van der Waals surface area contributed by atoms with E-state index in [9.17, 15) is 4.79 Å². The molecule has 0 amide bonds. The highest BCUT2D eigenvalue weighted by atomic mass is 28.4. The average Bonchev–Trinajstić information content (AvgIpc) is 2.60. The van der Waals surface area contributed by atoms with Crippen LogP contribution < -0.4 is 0 Å². The van der Waals surface area contributed by atoms with Gasteiger partial charge in [-0.1, -0.05) is 12.2 Å². The largest absolute Gasteiger partial charge is 0.519 e. The summed E-state index contributed by atoms with van der Waals surface area (Å²) in [5, 5.41) is 0. The summed E-state index contributed by atoms with van der Waals surface area (Å²) in [6, 6.07) is 0. The van der Waals surface area contributed by atoms with E-state index in [0.717, 1.165) is 12.8 Å². The zero-order valence-electron chi connectivity index (χ0n) is 10.0. The number of fused-ring (bicyclic) bond motifs is 2. The molecule has 3 atom stereocenters. The Labute approximate surface area is 92.8 Å². The maximum absolute atomic E-state index is 12.2. The fourth-order valence-corrected chi connectivity index (χ4v) is 3.51. The molecule has 1 saturated carbocycles. The monoisotopic (exact) mass is 224 g/mol. The fourth-order valence-electron chi connectivity index (χ4n) is 2.72. The van der Waals surface area contributed by atoms with Crippen LogP contribution in [0.4, 0.5) is 0 Å². The first-order chi connectivity index (χ1) is 6.81. The van der Waals surface area contributed by atoms with E-state index in [0.29, 0.717) is 11.8 Å². The average molecular weight is 224 g/mol. The molecule has 84 valence electrons. The second kappa shape index (κ2) is 3.21. The van der Waals surface area contributed by atoms with Gasteiger partial charge >= 0.3 is 0 Å². The van der Waals surface area contributed by atoms with Gasteiger partial charge in [0.1, 0.15) is 0 Å². The predicted octanol–water partition coefficient (Wildman–Crippen LogP) is 2.97. The molecule has 0 radical (unpaired) electrons. The number of carbonyl (C=O) groups excluding carboxylic acids is 1. The van der Waals surface area contributed by atoms with Crippen LogP contribution in [0, 0.1) is 17.3 Å². The Morgan fingerprint density at radius 3 is 2.47 bits per heavy atom. The van der Waals surface area contributed by atoms with Crippen molar-refractivity contribution < 1.29 is 9.22 Å². The van der Waals surface area contributed by atoms with Crippen LogP contribution in [0.25, 0.3) is 0 Å². The van der Waals surface area contributed by atoms with Crippen LogP contribution in [0.5, 0.6) is 0 Å². The zero-order chi connectivity index (χ0) is 11.3. The van der Waals surface area contributed by atoms with Crippen molar-refractivity contribution >= 4 is 14.3 Å². The van der Waals surface area contributed by atoms with Gasteiger partial charge in [-0.05, 0) is 51.2 Å². The van der Waals surface area contributed by atoms with E-state index in [4.69, 9.17) is 4.43 Å². The van der Waals surface area contributed by atoms with E-state index >= 15 is 0 Å². The molecule has 0 aromatic heterocycles. The molecule has 2 aliphatic rings. The van der Waals surface area contributed by atoms with Crippen molar-refractivity contribution in [3.8, 4) is 0 Å². The van der Waals surface area contributed by atoms with E-state index in [-0.39, 0.29) is 11.4 Å². The van der Waals surface area contributed by atoms with Crippen molar-refractivity contribution in [1.82, 2.24) is 0 Å². The number of carbonyl (C=O) groups is 1. The Bertz CT molecular complexity index is 316. The van der Waals surface area contributed by atoms with E-state index in [2.05, 4.69) is 38.7 Å². The normalized spacial score (nSPS) is 38.4. The van der Waals surface area contributed by atoms with Crippen LogP contribution in [-0.4, -0.2) is 14.3 Å². The van der Waals surface area contributed by atoms with Crippen molar-refractivity contribution in [3.05, 3.63) is 12.2 Å². The minimum Gasteiger partial charge on any atom is -0.519 e. The molecule has 0 N–H and O–H groups in total. The van der Waals surface area contributed by atoms with Gasteiger partial charge in [-0.25, -0.2) is 0 Å². The van der Waals surface area contributed by atoms with E-state index in [1.807, 2.05) is 0 Å². The molecular weight excluding hydrogens is 204 g/mol. The summed E-state index contributed by atoms with van der Waals surface area (Å²) in [5.41, 5.74) is -0.236. The van der Waals surface area contributed by atoms with Crippen molar-refractivity contribution in [2.45, 2.75) is 39.4 Å². The maximum atomic E-state index is 12.2. The molecule has 15 heavy (non-hydrogen) atoms. The van der Waals surface area contributed by atoms with Crippen LogP contribution in [-0.2, 0) is 9.22 Å². The number of allylic oxidation sites excluding steroid dienone is 2. The lowest BCUT2D eigenvalue weighted by Crippen LogP contribution is -2.40. The lowest BCUT2D eigenvalue weighted by molar-refractivity contribution is -0.147. The van der Waals surface area contributed by atoms with Crippen molar-refractivity contribution in [2.24, 2.45) is 17.3 Å². The summed E-state index contributed by atoms with van der Waals surface area (Å²) in [6.45, 7) is 8.27. The van der Waals surface area contributed by atoms with Crippen LogP contribution in [0.1, 0.15) is 19.8 Å². The summed E-state index contributed by atoms with van der Waals surface area (Å²) in [6.07, 6.45) is 6.60. The third kappa shape index (κ3) is 1.89. The third-order valence-electron chi connectivity index (χ3n) is 3.54. The van der Waals surface area contributed by atoms with Crippen molar-refractivity contribution in [3.63, 3.8) is 0 Å². The molecule has 2 rings (SSSR count). The molecule has 2 nitrogen and oxygen atoms in total. The molecule has 0 aromatic rings. The van der Waals surface area contributed by atoms with Gasteiger partial charge in [-0.15, -0.1) is 0 Å². The standard InChI is InChI=1S/C12H20O2Si/c1-12(11(13)14-15(2,3)4)8-9-5-6-10(12)7-9/h5-6,9-10H,7-8H2,1-4H3. The Hall–Kier alpha value is -0.573. The summed E-state index contributed by atoms with van der Waals surface area (Å²) < 4.78 is 5.64. The molecule has 2 aliphatic carbocycles. The summed E-state index contributed by atoms with van der Waals surface area (Å²) >= 11 is 0. The smallest absolute Gasteiger partial charge is 0.299 e. The number of hydrogen-bond acceptors (Lipinski definition) is 2. The van der Waals surface area contributed by atoms with Gasteiger partial charge in [0.05, 0.1) is 5.41 Å². The minimum atomic E-state index is -1.74. The first kappa shape index (κ1) is 10.9. The van der Waals surface area contributed by atoms with Gasteiger partial charge in [0.2, 0.25) is 8.32 Å². The van der Waals surface area contributed by atoms with Gasteiger partial charge in [0.15, 0.2) is 0 Å². The lowest BCUT2D eigenvalue weighted by atomic mass is 9.78. The molecule has 0 saturated heterocycles. The molecular formula is C12H20O2Si. The van der Waals surface area contributed by atoms with E-state index < -0.39 is 8.32 Å². The van der Waals surface area contributed by atoms with Crippen LogP contribution in [0.3, 0.4) is 0 Å². The third-order valence-corrected chi connectivity index (χ3v) is 4.34. The lowest BCUT2D eigenvalue weighted by Gasteiger charge is -2.32. The maximum Gasteiger partial charge on any atom is 0.299 e. The van der Waals surface area contributed by atoms with E-state index in [1.54, 1.807) is 0 Å². The Kier molecular flexibility index (Phi) is 2.34. The molecule has 3 unspecified atom stereocenters. The fraction of sp³-hybridized carbons (Fsp3) is 0.750. The minimum absolute atomic E-state index is 0.0403. The zero-order valence-corrected chi connectivity index (χ0v) is 11.0. The Morgan fingerprint density at radius 1 is 1.40 bits per heavy atom. The molecule has 0 spiro atoms. The van der Waals surface area contributed by atoms with Crippen LogP contribution in [0.2, 0.25) is 19.6 Å². The van der Waals surface area contributed by atoms with Gasteiger partial charge in [-0.2, -0.15) is 0 Å².